The number of allylic oxidation sites excluding steroid dienone is 4. The van der Waals surface area contributed by atoms with Crippen molar-refractivity contribution in [3.8, 4) is 17.1 Å². The molecule has 0 atom stereocenters. The van der Waals surface area contributed by atoms with Gasteiger partial charge in [-0.1, -0.05) is 36.4 Å². The Morgan fingerprint density at radius 3 is 2.69 bits per heavy atom. The quantitative estimate of drug-likeness (QED) is 0.315. The Balaban J connectivity index is 1.23. The van der Waals surface area contributed by atoms with Crippen molar-refractivity contribution in [3.05, 3.63) is 101 Å². The van der Waals surface area contributed by atoms with Gasteiger partial charge >= 0.3 is 0 Å². The summed E-state index contributed by atoms with van der Waals surface area (Å²) in [4.78, 5) is 18.2. The molecule has 0 saturated heterocycles. The number of thiophene rings is 1. The number of anilines is 2. The van der Waals surface area contributed by atoms with Gasteiger partial charge in [0.1, 0.15) is 0 Å². The van der Waals surface area contributed by atoms with Crippen LogP contribution in [-0.2, 0) is 0 Å². The molecule has 7 nitrogen and oxygen atoms in total. The summed E-state index contributed by atoms with van der Waals surface area (Å²) in [7, 11) is 0. The second-order valence-corrected chi connectivity index (χ2v) is 9.79. The highest BCUT2D eigenvalue weighted by Gasteiger charge is 2.26. The second kappa shape index (κ2) is 8.28. The molecule has 8 heteroatoms. The van der Waals surface area contributed by atoms with Crippen molar-refractivity contribution in [1.82, 2.24) is 25.1 Å². The van der Waals surface area contributed by atoms with Crippen LogP contribution in [-0.4, -0.2) is 25.7 Å². The van der Waals surface area contributed by atoms with Crippen LogP contribution in [0.2, 0.25) is 0 Å². The molecule has 1 aliphatic heterocycles. The van der Waals surface area contributed by atoms with Gasteiger partial charge in [-0.2, -0.15) is 0 Å². The van der Waals surface area contributed by atoms with E-state index in [9.17, 15) is 4.79 Å². The topological polar surface area (TPSA) is 84.7 Å². The number of pyridine rings is 1. The maximum Gasteiger partial charge on any atom is 0.265 e. The average molecular weight is 489 g/mol. The summed E-state index contributed by atoms with van der Waals surface area (Å²) in [6, 6.07) is 22.0. The van der Waals surface area contributed by atoms with Crippen LogP contribution in [0.15, 0.2) is 90.8 Å². The number of hydrogen-bond donors (Lipinski definition) is 2. The molecule has 0 radical (unpaired) electrons. The first-order valence-electron chi connectivity index (χ1n) is 11.7. The molecular formula is C28H20N6OS. The van der Waals surface area contributed by atoms with Gasteiger partial charge in [0.05, 0.1) is 16.3 Å². The van der Waals surface area contributed by atoms with Gasteiger partial charge in [0.25, 0.3) is 5.91 Å². The van der Waals surface area contributed by atoms with Crippen LogP contribution in [0.5, 0.6) is 0 Å². The molecule has 3 aromatic heterocycles. The van der Waals surface area contributed by atoms with E-state index in [1.807, 2.05) is 78.9 Å². The Hall–Kier alpha value is -4.56. The van der Waals surface area contributed by atoms with E-state index in [1.54, 1.807) is 6.20 Å². The number of rotatable bonds is 3. The summed E-state index contributed by atoms with van der Waals surface area (Å²) in [5, 5.41) is 16.8. The predicted octanol–water partition coefficient (Wildman–Crippen LogP) is 6.09. The Morgan fingerprint density at radius 2 is 1.81 bits per heavy atom. The minimum absolute atomic E-state index is 0.0710. The summed E-state index contributed by atoms with van der Waals surface area (Å²) < 4.78 is 3.18. The van der Waals surface area contributed by atoms with Crippen molar-refractivity contribution in [1.29, 1.82) is 0 Å². The Bertz CT molecular complexity index is 1690. The molecule has 1 aliphatic carbocycles. The minimum Gasteiger partial charge on any atom is -0.338 e. The normalized spacial score (nSPS) is 14.0. The van der Waals surface area contributed by atoms with Crippen molar-refractivity contribution in [2.24, 2.45) is 0 Å². The molecule has 174 valence electrons. The molecule has 2 N–H and O–H groups in total. The van der Waals surface area contributed by atoms with Gasteiger partial charge in [-0.15, -0.1) is 21.5 Å². The van der Waals surface area contributed by atoms with Gasteiger partial charge in [-0.05, 0) is 66.3 Å². The van der Waals surface area contributed by atoms with Crippen molar-refractivity contribution in [2.45, 2.75) is 12.8 Å². The number of benzene rings is 2. The fraction of sp³-hybridized carbons (Fsp3) is 0.0714. The van der Waals surface area contributed by atoms with E-state index in [2.05, 4.69) is 30.4 Å². The summed E-state index contributed by atoms with van der Waals surface area (Å²) in [5.74, 6) is 2.24. The molecule has 0 bridgehead atoms. The number of fused-ring (bicyclic) bond motifs is 6. The standard InChI is InChI=1S/C28H20N6OS/c35-28(24-16-18-6-1-4-10-23(18)36-24)30-19-13-11-17(12-14-19)26-32-33-27-20-7-2-3-8-21(20)31-25-22(34(26)27)9-5-15-29-25/h1-11,13,15-16H,12,14H2,(H,29,31)(H,30,35). The number of para-hydroxylation sites is 1. The Kier molecular flexibility index (Phi) is 4.78. The lowest BCUT2D eigenvalue weighted by Crippen LogP contribution is -2.22. The second-order valence-electron chi connectivity index (χ2n) is 8.71. The predicted molar refractivity (Wildman–Crippen MR) is 142 cm³/mol. The van der Waals surface area contributed by atoms with Gasteiger partial charge in [0.15, 0.2) is 17.5 Å². The largest absolute Gasteiger partial charge is 0.338 e. The molecule has 2 aromatic carbocycles. The van der Waals surface area contributed by atoms with Crippen LogP contribution in [0.25, 0.3) is 32.7 Å². The number of carbonyl (C=O) groups is 1. The minimum atomic E-state index is -0.0710. The van der Waals surface area contributed by atoms with E-state index in [1.165, 1.54) is 11.3 Å². The zero-order valence-electron chi connectivity index (χ0n) is 19.1. The summed E-state index contributed by atoms with van der Waals surface area (Å²) in [6.07, 6.45) is 7.22. The van der Waals surface area contributed by atoms with Crippen LogP contribution in [0.4, 0.5) is 11.5 Å². The van der Waals surface area contributed by atoms with E-state index in [0.29, 0.717) is 11.3 Å². The third-order valence-corrected chi connectivity index (χ3v) is 7.59. The lowest BCUT2D eigenvalue weighted by Gasteiger charge is -2.17. The third-order valence-electron chi connectivity index (χ3n) is 6.47. The zero-order chi connectivity index (χ0) is 24.1. The van der Waals surface area contributed by atoms with E-state index >= 15 is 0 Å². The molecule has 36 heavy (non-hydrogen) atoms. The van der Waals surface area contributed by atoms with Crippen LogP contribution in [0.3, 0.4) is 0 Å². The fourth-order valence-electron chi connectivity index (χ4n) is 4.71. The van der Waals surface area contributed by atoms with E-state index in [4.69, 9.17) is 0 Å². The van der Waals surface area contributed by atoms with Gasteiger partial charge in [0.2, 0.25) is 0 Å². The monoisotopic (exact) mass is 488 g/mol. The molecule has 0 fully saturated rings. The zero-order valence-corrected chi connectivity index (χ0v) is 19.9. The van der Waals surface area contributed by atoms with Crippen LogP contribution < -0.4 is 10.6 Å². The first-order chi connectivity index (χ1) is 17.7. The van der Waals surface area contributed by atoms with Crippen molar-refractivity contribution in [2.75, 3.05) is 5.32 Å². The first-order valence-corrected chi connectivity index (χ1v) is 12.5. The van der Waals surface area contributed by atoms with Crippen molar-refractivity contribution in [3.63, 3.8) is 0 Å². The highest BCUT2D eigenvalue weighted by Crippen LogP contribution is 2.39. The summed E-state index contributed by atoms with van der Waals surface area (Å²) in [5.41, 5.74) is 4.77. The van der Waals surface area contributed by atoms with Gasteiger partial charge in [0, 0.05) is 22.2 Å². The fourth-order valence-corrected chi connectivity index (χ4v) is 5.67. The maximum absolute atomic E-state index is 12.9. The first kappa shape index (κ1) is 20.8. The maximum atomic E-state index is 12.9. The molecule has 0 spiro atoms. The molecule has 0 unspecified atom stereocenters. The highest BCUT2D eigenvalue weighted by atomic mass is 32.1. The lowest BCUT2D eigenvalue weighted by atomic mass is 10.0. The molecule has 1 amide bonds. The highest BCUT2D eigenvalue weighted by molar-refractivity contribution is 7.20. The van der Waals surface area contributed by atoms with Gasteiger partial charge in [-0.25, -0.2) is 4.98 Å². The number of amides is 1. The van der Waals surface area contributed by atoms with Crippen LogP contribution in [0, 0.1) is 0 Å². The molecular weight excluding hydrogens is 468 g/mol. The van der Waals surface area contributed by atoms with Crippen molar-refractivity contribution < 1.29 is 4.79 Å². The molecule has 7 rings (SSSR count). The van der Waals surface area contributed by atoms with Gasteiger partial charge < -0.3 is 10.6 Å². The SMILES string of the molecule is O=C(NC1=CC=C(c2nnc3n2-c2cccnc2Nc2ccccc2-3)CC1)c1cc2ccccc2s1. The number of aromatic nitrogens is 4. The van der Waals surface area contributed by atoms with E-state index in [-0.39, 0.29) is 5.91 Å². The third kappa shape index (κ3) is 3.42. The van der Waals surface area contributed by atoms with Gasteiger partial charge in [-0.3, -0.25) is 9.36 Å². The number of nitrogens with zero attached hydrogens (tertiary/aromatic N) is 4. The number of carbonyl (C=O) groups excluding carboxylic acids is 1. The number of hydrogen-bond acceptors (Lipinski definition) is 6. The Labute approximate surface area is 210 Å². The van der Waals surface area contributed by atoms with E-state index in [0.717, 1.165) is 62.2 Å². The van der Waals surface area contributed by atoms with Crippen LogP contribution >= 0.6 is 11.3 Å². The number of nitrogens with one attached hydrogen (secondary N) is 2. The van der Waals surface area contributed by atoms with E-state index < -0.39 is 0 Å². The lowest BCUT2D eigenvalue weighted by molar-refractivity contribution is 0.0968. The molecule has 0 saturated carbocycles. The smallest absolute Gasteiger partial charge is 0.265 e. The molecule has 2 aliphatic rings. The molecule has 5 aromatic rings. The Morgan fingerprint density at radius 1 is 0.944 bits per heavy atom. The van der Waals surface area contributed by atoms with Crippen molar-refractivity contribution >= 4 is 44.4 Å². The molecule has 4 heterocycles. The summed E-state index contributed by atoms with van der Waals surface area (Å²) in [6.45, 7) is 0. The van der Waals surface area contributed by atoms with Crippen LogP contribution in [0.1, 0.15) is 28.3 Å². The summed E-state index contributed by atoms with van der Waals surface area (Å²) >= 11 is 1.51. The average Bonchev–Trinajstić information content (AvgIpc) is 3.52.